The van der Waals surface area contributed by atoms with Crippen LogP contribution in [-0.2, 0) is 12.0 Å². The average Bonchev–Trinajstić information content (AvgIpc) is 3.61. The van der Waals surface area contributed by atoms with E-state index in [-0.39, 0.29) is 22.8 Å². The SMILES string of the molecule is Cc1cc2c(c(-c3c(C(N)=O)cn4ccnc4c3F)c1Cl)C[C@](c1ccccc1)([C@@H]1CCCN1)O2. The summed E-state index contributed by atoms with van der Waals surface area (Å²) in [5.74, 6) is -0.749. The minimum Gasteiger partial charge on any atom is -0.480 e. The fourth-order valence-electron chi connectivity index (χ4n) is 5.63. The van der Waals surface area contributed by atoms with Gasteiger partial charge in [0.2, 0.25) is 0 Å². The third-order valence-electron chi connectivity index (χ3n) is 7.27. The molecule has 4 aromatic rings. The van der Waals surface area contributed by atoms with Crippen molar-refractivity contribution in [2.45, 2.75) is 37.8 Å². The second-order valence-electron chi connectivity index (χ2n) is 9.30. The van der Waals surface area contributed by atoms with Gasteiger partial charge in [0, 0.05) is 41.7 Å². The van der Waals surface area contributed by atoms with E-state index in [9.17, 15) is 4.79 Å². The number of carbonyl (C=O) groups is 1. The van der Waals surface area contributed by atoms with E-state index < -0.39 is 17.3 Å². The number of nitrogens with one attached hydrogen (secondary N) is 1. The first-order valence-electron chi connectivity index (χ1n) is 11.7. The monoisotopic (exact) mass is 490 g/mol. The zero-order valence-electron chi connectivity index (χ0n) is 19.1. The molecular weight excluding hydrogens is 467 g/mol. The summed E-state index contributed by atoms with van der Waals surface area (Å²) in [6.07, 6.45) is 7.02. The van der Waals surface area contributed by atoms with Crippen LogP contribution < -0.4 is 15.8 Å². The molecule has 0 aliphatic carbocycles. The normalized spacial score (nSPS) is 21.3. The van der Waals surface area contributed by atoms with E-state index in [4.69, 9.17) is 22.1 Å². The summed E-state index contributed by atoms with van der Waals surface area (Å²) in [5.41, 5.74) is 8.21. The second-order valence-corrected chi connectivity index (χ2v) is 9.67. The summed E-state index contributed by atoms with van der Waals surface area (Å²) in [5, 5.41) is 3.97. The molecule has 0 saturated carbocycles. The molecule has 35 heavy (non-hydrogen) atoms. The minimum absolute atomic E-state index is 0.0407. The van der Waals surface area contributed by atoms with E-state index in [1.807, 2.05) is 31.2 Å². The van der Waals surface area contributed by atoms with Crippen LogP contribution >= 0.6 is 11.6 Å². The Morgan fingerprint density at radius 2 is 2.11 bits per heavy atom. The molecule has 0 bridgehead atoms. The molecule has 0 radical (unpaired) electrons. The number of halogens is 2. The van der Waals surface area contributed by atoms with E-state index >= 15 is 4.39 Å². The molecule has 2 aliphatic rings. The number of nitrogens with two attached hydrogens (primary N) is 1. The number of carbonyl (C=O) groups excluding carboxylic acids is 1. The smallest absolute Gasteiger partial charge is 0.250 e. The lowest BCUT2D eigenvalue weighted by atomic mass is 9.80. The molecular formula is C27H24ClFN4O2. The van der Waals surface area contributed by atoms with Crippen molar-refractivity contribution in [3.8, 4) is 16.9 Å². The Hall–Kier alpha value is -3.42. The molecule has 2 atom stereocenters. The number of primary amides is 1. The summed E-state index contributed by atoms with van der Waals surface area (Å²) in [7, 11) is 0. The highest BCUT2D eigenvalue weighted by Gasteiger charge is 2.50. The van der Waals surface area contributed by atoms with Gasteiger partial charge >= 0.3 is 0 Å². The number of rotatable bonds is 4. The molecule has 8 heteroatoms. The van der Waals surface area contributed by atoms with Gasteiger partial charge in [-0.15, -0.1) is 0 Å². The highest BCUT2D eigenvalue weighted by molar-refractivity contribution is 6.34. The van der Waals surface area contributed by atoms with E-state index in [0.717, 1.165) is 36.1 Å². The fraction of sp³-hybridized carbons (Fsp3) is 0.259. The molecule has 2 aromatic heterocycles. The molecule has 1 fully saturated rings. The molecule has 0 spiro atoms. The number of nitrogens with zero attached hydrogens (tertiary/aromatic N) is 2. The number of ether oxygens (including phenoxy) is 1. The molecule has 3 N–H and O–H groups in total. The number of imidazole rings is 1. The van der Waals surface area contributed by atoms with Gasteiger partial charge in [-0.2, -0.15) is 0 Å². The lowest BCUT2D eigenvalue weighted by Gasteiger charge is -2.35. The highest BCUT2D eigenvalue weighted by atomic mass is 35.5. The first kappa shape index (κ1) is 22.1. The van der Waals surface area contributed by atoms with Gasteiger partial charge in [0.05, 0.1) is 16.6 Å². The van der Waals surface area contributed by atoms with Crippen LogP contribution in [0.3, 0.4) is 0 Å². The van der Waals surface area contributed by atoms with E-state index in [2.05, 4.69) is 22.4 Å². The Labute approximate surface area is 206 Å². The molecule has 2 aromatic carbocycles. The zero-order chi connectivity index (χ0) is 24.3. The first-order chi connectivity index (χ1) is 16.9. The van der Waals surface area contributed by atoms with Crippen LogP contribution in [0.1, 0.15) is 39.9 Å². The Bertz CT molecular complexity index is 1480. The molecule has 178 valence electrons. The van der Waals surface area contributed by atoms with Crippen LogP contribution in [0.2, 0.25) is 5.02 Å². The van der Waals surface area contributed by atoms with E-state index in [1.165, 1.54) is 16.8 Å². The predicted octanol–water partition coefficient (Wildman–Crippen LogP) is 4.78. The van der Waals surface area contributed by atoms with Gasteiger partial charge in [0.15, 0.2) is 17.1 Å². The number of pyridine rings is 1. The van der Waals surface area contributed by atoms with E-state index in [0.29, 0.717) is 22.8 Å². The van der Waals surface area contributed by atoms with Crippen LogP contribution in [0.4, 0.5) is 4.39 Å². The number of amides is 1. The van der Waals surface area contributed by atoms with Gasteiger partial charge in [-0.25, -0.2) is 9.37 Å². The van der Waals surface area contributed by atoms with Crippen molar-refractivity contribution in [1.29, 1.82) is 0 Å². The largest absolute Gasteiger partial charge is 0.480 e. The van der Waals surface area contributed by atoms with Gasteiger partial charge < -0.3 is 20.2 Å². The topological polar surface area (TPSA) is 81.7 Å². The number of hydrogen-bond acceptors (Lipinski definition) is 4. The van der Waals surface area contributed by atoms with Crippen molar-refractivity contribution in [2.24, 2.45) is 5.73 Å². The average molecular weight is 491 g/mol. The Balaban J connectivity index is 1.63. The standard InChI is InChI=1S/C27H24ClFN4O2/c1-15-12-19-17(13-27(35-19,20-8-5-9-31-20)16-6-3-2-4-7-16)21(23(15)28)22-18(25(30)34)14-33-11-10-32-26(33)24(22)29/h2-4,6-7,10-12,14,20,31H,5,8-9,13H2,1H3,(H2,30,34)/t20-,27-/m0/s1. The van der Waals surface area contributed by atoms with Crippen molar-refractivity contribution in [2.75, 3.05) is 6.54 Å². The second kappa shape index (κ2) is 8.07. The maximum atomic E-state index is 16.0. The van der Waals surface area contributed by atoms with Gasteiger partial charge in [-0.1, -0.05) is 41.9 Å². The van der Waals surface area contributed by atoms with Gasteiger partial charge in [0.1, 0.15) is 5.75 Å². The third-order valence-corrected chi connectivity index (χ3v) is 7.75. The number of fused-ring (bicyclic) bond motifs is 2. The predicted molar refractivity (Wildman–Crippen MR) is 132 cm³/mol. The van der Waals surface area contributed by atoms with E-state index in [1.54, 1.807) is 6.20 Å². The molecule has 4 heterocycles. The molecule has 1 amide bonds. The molecule has 0 unspecified atom stereocenters. The van der Waals surface area contributed by atoms with Crippen molar-refractivity contribution in [3.63, 3.8) is 0 Å². The van der Waals surface area contributed by atoms with Gasteiger partial charge in [-0.3, -0.25) is 4.79 Å². The van der Waals surface area contributed by atoms with Crippen LogP contribution in [0.25, 0.3) is 16.8 Å². The van der Waals surface area contributed by atoms with Crippen LogP contribution in [0.5, 0.6) is 5.75 Å². The van der Waals surface area contributed by atoms with Crippen LogP contribution in [0.15, 0.2) is 55.0 Å². The number of aromatic nitrogens is 2. The number of benzene rings is 2. The molecule has 6 rings (SSSR count). The summed E-state index contributed by atoms with van der Waals surface area (Å²) >= 11 is 6.87. The number of hydrogen-bond donors (Lipinski definition) is 2. The van der Waals surface area contributed by atoms with Crippen molar-refractivity contribution < 1.29 is 13.9 Å². The minimum atomic E-state index is -0.744. The zero-order valence-corrected chi connectivity index (χ0v) is 19.9. The Morgan fingerprint density at radius 1 is 1.31 bits per heavy atom. The lowest BCUT2D eigenvalue weighted by molar-refractivity contribution is 0.0540. The Morgan fingerprint density at radius 3 is 2.83 bits per heavy atom. The maximum absolute atomic E-state index is 16.0. The quantitative estimate of drug-likeness (QED) is 0.431. The fourth-order valence-corrected chi connectivity index (χ4v) is 5.90. The highest BCUT2D eigenvalue weighted by Crippen LogP contribution is 2.52. The molecule has 1 saturated heterocycles. The van der Waals surface area contributed by atoms with Crippen LogP contribution in [-0.4, -0.2) is 27.9 Å². The van der Waals surface area contributed by atoms with Crippen molar-refractivity contribution >= 4 is 23.2 Å². The maximum Gasteiger partial charge on any atom is 0.250 e. The number of aryl methyl sites for hydroxylation is 1. The van der Waals surface area contributed by atoms with Crippen LogP contribution in [0, 0.1) is 12.7 Å². The third kappa shape index (κ3) is 3.26. The molecule has 6 nitrogen and oxygen atoms in total. The summed E-state index contributed by atoms with van der Waals surface area (Å²) < 4.78 is 24.3. The summed E-state index contributed by atoms with van der Waals surface area (Å²) in [6.45, 7) is 2.75. The van der Waals surface area contributed by atoms with Crippen molar-refractivity contribution in [3.05, 3.63) is 88.1 Å². The Kier molecular flexibility index (Phi) is 5.09. The van der Waals surface area contributed by atoms with Gasteiger partial charge in [-0.05, 0) is 43.5 Å². The summed E-state index contributed by atoms with van der Waals surface area (Å²) in [4.78, 5) is 16.6. The van der Waals surface area contributed by atoms with Crippen molar-refractivity contribution in [1.82, 2.24) is 14.7 Å². The molecule has 2 aliphatic heterocycles. The first-order valence-corrected chi connectivity index (χ1v) is 12.0. The van der Waals surface area contributed by atoms with Gasteiger partial charge in [0.25, 0.3) is 5.91 Å². The summed E-state index contributed by atoms with van der Waals surface area (Å²) in [6, 6.07) is 12.1. The lowest BCUT2D eigenvalue weighted by Crippen LogP contribution is -2.48.